The molecule has 132 valence electrons. The SMILES string of the molecule is O=C(/C=C/c1ccc(-c2c(Cl)cccc2Cl)o1)c1ccc2ccccc2c1. The van der Waals surface area contributed by atoms with Crippen molar-refractivity contribution in [2.45, 2.75) is 0 Å². The van der Waals surface area contributed by atoms with Gasteiger partial charge in [0.1, 0.15) is 11.5 Å². The van der Waals surface area contributed by atoms with E-state index in [4.69, 9.17) is 27.6 Å². The second kappa shape index (κ2) is 7.43. The molecule has 0 unspecified atom stereocenters. The van der Waals surface area contributed by atoms with E-state index in [1.807, 2.05) is 42.5 Å². The minimum atomic E-state index is -0.0884. The molecule has 4 heteroatoms. The molecule has 27 heavy (non-hydrogen) atoms. The summed E-state index contributed by atoms with van der Waals surface area (Å²) >= 11 is 12.4. The fourth-order valence-electron chi connectivity index (χ4n) is 2.91. The van der Waals surface area contributed by atoms with Crippen LogP contribution in [0.3, 0.4) is 0 Å². The number of benzene rings is 3. The molecule has 0 saturated carbocycles. The van der Waals surface area contributed by atoms with Crippen LogP contribution in [0.1, 0.15) is 16.1 Å². The van der Waals surface area contributed by atoms with E-state index in [2.05, 4.69) is 0 Å². The highest BCUT2D eigenvalue weighted by molar-refractivity contribution is 6.39. The van der Waals surface area contributed by atoms with Gasteiger partial charge in [0, 0.05) is 5.56 Å². The van der Waals surface area contributed by atoms with Gasteiger partial charge in [0.15, 0.2) is 5.78 Å². The van der Waals surface area contributed by atoms with Gasteiger partial charge in [-0.05, 0) is 53.3 Å². The van der Waals surface area contributed by atoms with E-state index >= 15 is 0 Å². The van der Waals surface area contributed by atoms with E-state index in [0.29, 0.717) is 32.7 Å². The van der Waals surface area contributed by atoms with Crippen LogP contribution in [0, 0.1) is 0 Å². The van der Waals surface area contributed by atoms with Crippen LogP contribution in [0.2, 0.25) is 10.0 Å². The minimum Gasteiger partial charge on any atom is -0.457 e. The first-order valence-electron chi connectivity index (χ1n) is 8.37. The number of carbonyl (C=O) groups excluding carboxylic acids is 1. The molecule has 0 radical (unpaired) electrons. The zero-order chi connectivity index (χ0) is 18.8. The van der Waals surface area contributed by atoms with Crippen LogP contribution in [0.4, 0.5) is 0 Å². The van der Waals surface area contributed by atoms with Crippen LogP contribution < -0.4 is 0 Å². The Morgan fingerprint density at radius 1 is 0.815 bits per heavy atom. The lowest BCUT2D eigenvalue weighted by Gasteiger charge is -2.02. The summed E-state index contributed by atoms with van der Waals surface area (Å²) in [4.78, 5) is 12.5. The van der Waals surface area contributed by atoms with Crippen LogP contribution in [-0.4, -0.2) is 5.78 Å². The van der Waals surface area contributed by atoms with Gasteiger partial charge in [0.25, 0.3) is 0 Å². The Balaban J connectivity index is 1.57. The lowest BCUT2D eigenvalue weighted by Crippen LogP contribution is -1.93. The van der Waals surface area contributed by atoms with Crippen molar-refractivity contribution in [2.75, 3.05) is 0 Å². The van der Waals surface area contributed by atoms with Gasteiger partial charge in [-0.1, -0.05) is 65.7 Å². The van der Waals surface area contributed by atoms with Crippen LogP contribution in [0.5, 0.6) is 0 Å². The average Bonchev–Trinajstić information content (AvgIpc) is 3.14. The molecule has 0 atom stereocenters. The number of ketones is 1. The Hall–Kier alpha value is -2.81. The van der Waals surface area contributed by atoms with Crippen molar-refractivity contribution in [1.82, 2.24) is 0 Å². The predicted octanol–water partition coefficient (Wildman–Crippen LogP) is 7.30. The Morgan fingerprint density at radius 3 is 2.33 bits per heavy atom. The fraction of sp³-hybridized carbons (Fsp3) is 0. The number of carbonyl (C=O) groups is 1. The molecule has 0 saturated heterocycles. The van der Waals surface area contributed by atoms with Gasteiger partial charge in [0.2, 0.25) is 0 Å². The van der Waals surface area contributed by atoms with Gasteiger partial charge >= 0.3 is 0 Å². The molecule has 1 aromatic heterocycles. The second-order valence-corrected chi connectivity index (χ2v) is 6.87. The molecule has 0 spiro atoms. The van der Waals surface area contributed by atoms with Crippen molar-refractivity contribution in [2.24, 2.45) is 0 Å². The van der Waals surface area contributed by atoms with Gasteiger partial charge in [-0.15, -0.1) is 0 Å². The maximum Gasteiger partial charge on any atom is 0.185 e. The fourth-order valence-corrected chi connectivity index (χ4v) is 3.49. The standard InChI is InChI=1S/C23H14Cl2O2/c24-19-6-3-7-20(25)23(19)22-13-11-18(27-22)10-12-21(26)17-9-8-15-4-1-2-5-16(15)14-17/h1-14H/b12-10+. The first-order chi connectivity index (χ1) is 13.1. The largest absolute Gasteiger partial charge is 0.457 e. The molecule has 0 aliphatic heterocycles. The summed E-state index contributed by atoms with van der Waals surface area (Å²) in [7, 11) is 0. The molecule has 0 amide bonds. The number of furan rings is 1. The summed E-state index contributed by atoms with van der Waals surface area (Å²) in [6.45, 7) is 0. The molecule has 4 rings (SSSR count). The maximum absolute atomic E-state index is 12.5. The minimum absolute atomic E-state index is 0.0884. The molecule has 1 heterocycles. The lowest BCUT2D eigenvalue weighted by atomic mass is 10.0. The van der Waals surface area contributed by atoms with Crippen molar-refractivity contribution >= 4 is 45.8 Å². The van der Waals surface area contributed by atoms with E-state index in [1.165, 1.54) is 6.08 Å². The highest BCUT2D eigenvalue weighted by Crippen LogP contribution is 2.35. The van der Waals surface area contributed by atoms with Gasteiger partial charge in [0.05, 0.1) is 15.6 Å². The maximum atomic E-state index is 12.5. The summed E-state index contributed by atoms with van der Waals surface area (Å²) in [6.07, 6.45) is 3.15. The first-order valence-corrected chi connectivity index (χ1v) is 9.13. The third kappa shape index (κ3) is 3.68. The smallest absolute Gasteiger partial charge is 0.185 e. The highest BCUT2D eigenvalue weighted by Gasteiger charge is 2.12. The van der Waals surface area contributed by atoms with Crippen molar-refractivity contribution in [3.8, 4) is 11.3 Å². The van der Waals surface area contributed by atoms with Crippen LogP contribution >= 0.6 is 23.2 Å². The zero-order valence-corrected chi connectivity index (χ0v) is 15.7. The number of allylic oxidation sites excluding steroid dienone is 1. The normalized spacial score (nSPS) is 11.3. The number of fused-ring (bicyclic) bond motifs is 1. The Morgan fingerprint density at radius 2 is 1.56 bits per heavy atom. The monoisotopic (exact) mass is 392 g/mol. The summed E-state index contributed by atoms with van der Waals surface area (Å²) in [5.74, 6) is 1.02. The Labute approximate surface area is 166 Å². The van der Waals surface area contributed by atoms with Crippen LogP contribution in [0.15, 0.2) is 83.3 Å². The topological polar surface area (TPSA) is 30.2 Å². The first kappa shape index (κ1) is 17.6. The van der Waals surface area contributed by atoms with Gasteiger partial charge < -0.3 is 4.42 Å². The van der Waals surface area contributed by atoms with Crippen molar-refractivity contribution in [1.29, 1.82) is 0 Å². The summed E-state index contributed by atoms with van der Waals surface area (Å²) in [5, 5.41) is 3.16. The molecule has 0 fully saturated rings. The molecule has 2 nitrogen and oxygen atoms in total. The summed E-state index contributed by atoms with van der Waals surface area (Å²) in [5.41, 5.74) is 1.27. The van der Waals surface area contributed by atoms with Gasteiger partial charge in [-0.3, -0.25) is 4.79 Å². The number of rotatable bonds is 4. The number of halogens is 2. The van der Waals surface area contributed by atoms with E-state index in [0.717, 1.165) is 10.8 Å². The molecular formula is C23H14Cl2O2. The summed E-state index contributed by atoms with van der Waals surface area (Å²) in [6, 6.07) is 22.4. The second-order valence-electron chi connectivity index (χ2n) is 6.06. The molecular weight excluding hydrogens is 379 g/mol. The third-order valence-corrected chi connectivity index (χ3v) is 4.90. The van der Waals surface area contributed by atoms with E-state index in [1.54, 1.807) is 36.4 Å². The van der Waals surface area contributed by atoms with Crippen LogP contribution in [-0.2, 0) is 0 Å². The van der Waals surface area contributed by atoms with Crippen molar-refractivity contribution < 1.29 is 9.21 Å². The zero-order valence-electron chi connectivity index (χ0n) is 14.2. The molecule has 3 aromatic carbocycles. The lowest BCUT2D eigenvalue weighted by molar-refractivity contribution is 0.104. The van der Waals surface area contributed by atoms with Crippen molar-refractivity contribution in [3.05, 3.63) is 100 Å². The van der Waals surface area contributed by atoms with E-state index in [-0.39, 0.29) is 5.78 Å². The Bertz CT molecular complexity index is 1150. The molecule has 0 bridgehead atoms. The van der Waals surface area contributed by atoms with Crippen LogP contribution in [0.25, 0.3) is 28.2 Å². The predicted molar refractivity (Wildman–Crippen MR) is 111 cm³/mol. The number of hydrogen-bond acceptors (Lipinski definition) is 2. The molecule has 0 aliphatic carbocycles. The van der Waals surface area contributed by atoms with E-state index < -0.39 is 0 Å². The quantitative estimate of drug-likeness (QED) is 0.269. The molecule has 0 aliphatic rings. The Kier molecular flexibility index (Phi) is 4.85. The third-order valence-electron chi connectivity index (χ3n) is 4.27. The average molecular weight is 393 g/mol. The van der Waals surface area contributed by atoms with Gasteiger partial charge in [-0.25, -0.2) is 0 Å². The summed E-state index contributed by atoms with van der Waals surface area (Å²) < 4.78 is 5.78. The van der Waals surface area contributed by atoms with Crippen molar-refractivity contribution in [3.63, 3.8) is 0 Å². The van der Waals surface area contributed by atoms with Gasteiger partial charge in [-0.2, -0.15) is 0 Å². The molecule has 0 N–H and O–H groups in total. The number of hydrogen-bond donors (Lipinski definition) is 0. The van der Waals surface area contributed by atoms with E-state index in [9.17, 15) is 4.79 Å². The highest BCUT2D eigenvalue weighted by atomic mass is 35.5. The molecule has 4 aromatic rings.